The summed E-state index contributed by atoms with van der Waals surface area (Å²) in [6, 6.07) is 6.36. The topological polar surface area (TPSA) is 108 Å². The van der Waals surface area contributed by atoms with Crippen LogP contribution in [0.25, 0.3) is 0 Å². The number of benzene rings is 1. The highest BCUT2D eigenvalue weighted by Crippen LogP contribution is 2.23. The van der Waals surface area contributed by atoms with Gasteiger partial charge in [-0.1, -0.05) is 0 Å². The van der Waals surface area contributed by atoms with Gasteiger partial charge in [-0.05, 0) is 57.1 Å². The van der Waals surface area contributed by atoms with E-state index in [-0.39, 0.29) is 19.0 Å². The van der Waals surface area contributed by atoms with Crippen molar-refractivity contribution < 1.29 is 14.6 Å². The van der Waals surface area contributed by atoms with Crippen LogP contribution in [-0.2, 0) is 0 Å². The molecule has 0 aliphatic carbocycles. The van der Waals surface area contributed by atoms with Gasteiger partial charge in [0.25, 0.3) is 11.5 Å². The maximum absolute atomic E-state index is 12.9. The number of aliphatic hydroxyl groups is 1. The van der Waals surface area contributed by atoms with E-state index in [0.29, 0.717) is 23.5 Å². The van der Waals surface area contributed by atoms with E-state index in [1.54, 1.807) is 31.2 Å². The molecule has 0 radical (unpaired) electrons. The van der Waals surface area contributed by atoms with Crippen LogP contribution in [0.5, 0.6) is 5.75 Å². The van der Waals surface area contributed by atoms with Gasteiger partial charge in [0.2, 0.25) is 0 Å². The van der Waals surface area contributed by atoms with E-state index in [2.05, 4.69) is 9.88 Å². The smallest absolute Gasteiger partial charge is 0.328 e. The van der Waals surface area contributed by atoms with Gasteiger partial charge in [-0.15, -0.1) is 0 Å². The number of nitrogens with zero attached hydrogens (tertiary/aromatic N) is 3. The molecule has 1 aromatic heterocycles. The quantitative estimate of drug-likeness (QED) is 0.689. The third-order valence-corrected chi connectivity index (χ3v) is 6.03. The molecule has 0 bridgehead atoms. The van der Waals surface area contributed by atoms with Crippen molar-refractivity contribution in [1.82, 2.24) is 19.4 Å². The molecule has 4 rings (SSSR count). The molecule has 2 atom stereocenters. The number of amides is 1. The molecule has 9 heteroatoms. The van der Waals surface area contributed by atoms with E-state index in [1.807, 2.05) is 0 Å². The summed E-state index contributed by atoms with van der Waals surface area (Å²) in [5.74, 6) is 0.490. The second-order valence-electron chi connectivity index (χ2n) is 8.25. The van der Waals surface area contributed by atoms with Crippen LogP contribution in [0.15, 0.2) is 40.1 Å². The molecule has 2 N–H and O–H groups in total. The first kappa shape index (κ1) is 21.3. The van der Waals surface area contributed by atoms with Crippen molar-refractivity contribution in [3.05, 3.63) is 62.4 Å². The van der Waals surface area contributed by atoms with Crippen molar-refractivity contribution in [2.24, 2.45) is 0 Å². The number of aromatic nitrogens is 2. The van der Waals surface area contributed by atoms with E-state index in [4.69, 9.17) is 4.74 Å². The van der Waals surface area contributed by atoms with Crippen molar-refractivity contribution in [2.75, 3.05) is 39.3 Å². The summed E-state index contributed by atoms with van der Waals surface area (Å²) in [6.45, 7) is 5.65. The minimum atomic E-state index is -0.903. The molecule has 2 aliphatic rings. The van der Waals surface area contributed by atoms with Crippen LogP contribution in [-0.4, -0.2) is 75.8 Å². The van der Waals surface area contributed by atoms with E-state index in [0.717, 1.165) is 19.6 Å². The summed E-state index contributed by atoms with van der Waals surface area (Å²) in [4.78, 5) is 42.8. The Morgan fingerprint density at radius 1 is 1.16 bits per heavy atom. The summed E-state index contributed by atoms with van der Waals surface area (Å²) in [5, 5.41) is 10.5. The first-order valence-corrected chi connectivity index (χ1v) is 10.7. The normalized spacial score (nSPS) is 21.5. The molecule has 0 spiro atoms. The fourth-order valence-corrected chi connectivity index (χ4v) is 4.22. The van der Waals surface area contributed by atoms with Gasteiger partial charge in [0.15, 0.2) is 0 Å². The van der Waals surface area contributed by atoms with Crippen LogP contribution in [0.4, 0.5) is 0 Å². The lowest BCUT2D eigenvalue weighted by Crippen LogP contribution is -2.37. The minimum absolute atomic E-state index is 0.113. The number of ether oxygens (including phenoxy) is 1. The van der Waals surface area contributed by atoms with Gasteiger partial charge in [-0.2, -0.15) is 0 Å². The lowest BCUT2D eigenvalue weighted by Gasteiger charge is -2.18. The molecule has 3 heterocycles. The monoisotopic (exact) mass is 428 g/mol. The highest BCUT2D eigenvalue weighted by molar-refractivity contribution is 5.94. The molecular formula is C22H28N4O5. The Kier molecular flexibility index (Phi) is 6.24. The molecule has 2 saturated heterocycles. The minimum Gasteiger partial charge on any atom is -0.492 e. The Bertz CT molecular complexity index is 1040. The third-order valence-electron chi connectivity index (χ3n) is 6.03. The number of nitrogens with one attached hydrogen (secondary N) is 1. The number of aromatic amines is 1. The van der Waals surface area contributed by atoms with E-state index < -0.39 is 23.4 Å². The van der Waals surface area contributed by atoms with Crippen molar-refractivity contribution >= 4 is 5.91 Å². The molecule has 0 unspecified atom stereocenters. The van der Waals surface area contributed by atoms with Crippen LogP contribution in [0.1, 0.15) is 34.8 Å². The van der Waals surface area contributed by atoms with Crippen molar-refractivity contribution in [3.63, 3.8) is 0 Å². The molecule has 166 valence electrons. The predicted molar refractivity (Wildman–Crippen MR) is 115 cm³/mol. The number of carbonyl (C=O) groups is 1. The fraction of sp³-hybridized carbons (Fsp3) is 0.500. The summed E-state index contributed by atoms with van der Waals surface area (Å²) >= 11 is 0. The molecule has 31 heavy (non-hydrogen) atoms. The van der Waals surface area contributed by atoms with Crippen molar-refractivity contribution in [2.45, 2.75) is 31.9 Å². The maximum atomic E-state index is 12.9. The zero-order chi connectivity index (χ0) is 22.0. The number of hydrogen-bond donors (Lipinski definition) is 2. The second kappa shape index (κ2) is 9.07. The average Bonchev–Trinajstić information content (AvgIpc) is 3.40. The predicted octanol–water partition coefficient (Wildman–Crippen LogP) is 0.378. The Morgan fingerprint density at radius 3 is 2.58 bits per heavy atom. The van der Waals surface area contributed by atoms with Crippen LogP contribution in [0.3, 0.4) is 0 Å². The summed E-state index contributed by atoms with van der Waals surface area (Å²) in [7, 11) is 0. The maximum Gasteiger partial charge on any atom is 0.328 e. The molecule has 2 aromatic rings. The molecule has 0 saturated carbocycles. The van der Waals surface area contributed by atoms with Gasteiger partial charge in [0.05, 0.1) is 12.1 Å². The van der Waals surface area contributed by atoms with Gasteiger partial charge in [-0.25, -0.2) is 4.79 Å². The average molecular weight is 428 g/mol. The Hall–Kier alpha value is -2.91. The Labute approximate surface area is 179 Å². The van der Waals surface area contributed by atoms with Crippen molar-refractivity contribution in [1.29, 1.82) is 0 Å². The number of carbonyl (C=O) groups excluding carboxylic acids is 1. The molecule has 2 aliphatic heterocycles. The van der Waals surface area contributed by atoms with E-state index in [1.165, 1.54) is 28.5 Å². The van der Waals surface area contributed by atoms with Crippen LogP contribution >= 0.6 is 0 Å². The molecule has 9 nitrogen and oxygen atoms in total. The molecule has 1 amide bonds. The number of rotatable bonds is 6. The zero-order valence-corrected chi connectivity index (χ0v) is 17.6. The fourth-order valence-electron chi connectivity index (χ4n) is 4.22. The Balaban J connectivity index is 1.37. The highest BCUT2D eigenvalue weighted by Gasteiger charge is 2.36. The highest BCUT2D eigenvalue weighted by atomic mass is 16.5. The standard InChI is InChI=1S/C22H28N4O5/c1-15-12-26(22(30)23-20(15)28)18-13-25(14-19(18)27)21(29)16-4-6-17(7-5-16)31-11-10-24-8-2-3-9-24/h4-7,12,18-19,27H,2-3,8-11,13-14H2,1H3,(H,23,28,30)/t18-,19-/m0/s1. The van der Waals surface area contributed by atoms with Crippen molar-refractivity contribution in [3.8, 4) is 5.75 Å². The van der Waals surface area contributed by atoms with Crippen LogP contribution < -0.4 is 16.0 Å². The number of H-pyrrole nitrogens is 1. The first-order chi connectivity index (χ1) is 14.9. The van der Waals surface area contributed by atoms with Gasteiger partial charge in [0.1, 0.15) is 12.4 Å². The van der Waals surface area contributed by atoms with Crippen LogP contribution in [0.2, 0.25) is 0 Å². The molecular weight excluding hydrogens is 400 g/mol. The van der Waals surface area contributed by atoms with E-state index >= 15 is 0 Å². The number of aliphatic hydroxyl groups excluding tert-OH is 1. The van der Waals surface area contributed by atoms with Gasteiger partial charge < -0.3 is 14.7 Å². The van der Waals surface area contributed by atoms with Gasteiger partial charge in [-0.3, -0.25) is 24.0 Å². The summed E-state index contributed by atoms with van der Waals surface area (Å²) < 4.78 is 7.08. The van der Waals surface area contributed by atoms with Gasteiger partial charge in [0, 0.05) is 37.0 Å². The largest absolute Gasteiger partial charge is 0.492 e. The molecule has 2 fully saturated rings. The third kappa shape index (κ3) is 4.72. The number of likely N-dealkylation sites (tertiary alicyclic amines) is 2. The Morgan fingerprint density at radius 2 is 1.87 bits per heavy atom. The SMILES string of the molecule is Cc1cn([C@H]2CN(C(=O)c3ccc(OCCN4CCCC4)cc3)C[C@@H]2O)c(=O)[nH]c1=O. The summed E-state index contributed by atoms with van der Waals surface area (Å²) in [5.41, 5.74) is -0.185. The molecule has 1 aromatic carbocycles. The van der Waals surface area contributed by atoms with Crippen LogP contribution in [0, 0.1) is 6.92 Å². The second-order valence-corrected chi connectivity index (χ2v) is 8.25. The van der Waals surface area contributed by atoms with E-state index in [9.17, 15) is 19.5 Å². The zero-order valence-electron chi connectivity index (χ0n) is 17.6. The number of β-amino-alcohol motifs (C(OH)–C–C–N with tert-alkyl or cyclic N) is 1. The number of hydrogen-bond acceptors (Lipinski definition) is 6. The lowest BCUT2D eigenvalue weighted by atomic mass is 10.2. The lowest BCUT2D eigenvalue weighted by molar-refractivity contribution is 0.0764. The summed E-state index contributed by atoms with van der Waals surface area (Å²) in [6.07, 6.45) is 3.02. The van der Waals surface area contributed by atoms with Gasteiger partial charge >= 0.3 is 5.69 Å². The number of aryl methyl sites for hydroxylation is 1. The first-order valence-electron chi connectivity index (χ1n) is 10.7.